The second-order valence-corrected chi connectivity index (χ2v) is 6.33. The fourth-order valence-electron chi connectivity index (χ4n) is 2.73. The van der Waals surface area contributed by atoms with Gasteiger partial charge in [0.05, 0.1) is 12.6 Å². The number of rotatable bonds is 4. The van der Waals surface area contributed by atoms with Crippen LogP contribution in [0.25, 0.3) is 32.9 Å². The van der Waals surface area contributed by atoms with Crippen molar-refractivity contribution in [1.82, 2.24) is 14.3 Å². The number of para-hydroxylation sites is 1. The van der Waals surface area contributed by atoms with E-state index in [9.17, 15) is 4.79 Å². The number of benzene rings is 2. The number of carbonyl (C=O) groups is 1. The average molecular weight is 362 g/mol. The van der Waals surface area contributed by atoms with E-state index in [2.05, 4.69) is 14.3 Å². The highest BCUT2D eigenvalue weighted by Gasteiger charge is 2.17. The highest BCUT2D eigenvalue weighted by Crippen LogP contribution is 2.31. The summed E-state index contributed by atoms with van der Waals surface area (Å²) < 4.78 is 9.71. The molecule has 0 saturated heterocycles. The van der Waals surface area contributed by atoms with Crippen LogP contribution in [-0.4, -0.2) is 27.4 Å². The minimum absolute atomic E-state index is 0.191. The molecule has 0 spiro atoms. The molecule has 0 atom stereocenters. The number of carbonyl (C=O) groups excluding carboxylic acids is 1. The maximum Gasteiger partial charge on any atom is 0.254 e. The van der Waals surface area contributed by atoms with Gasteiger partial charge in [-0.2, -0.15) is 4.37 Å². The minimum atomic E-state index is -0.584. The Kier molecular flexibility index (Phi) is 4.06. The lowest BCUT2D eigenvalue weighted by molar-refractivity contribution is 0.0997. The molecule has 6 nitrogen and oxygen atoms in total. The molecule has 26 heavy (non-hydrogen) atoms. The number of amides is 1. The van der Waals surface area contributed by atoms with Crippen molar-refractivity contribution < 1.29 is 9.53 Å². The minimum Gasteiger partial charge on any atom is -0.480 e. The third-order valence-corrected chi connectivity index (χ3v) is 4.72. The standard InChI is InChI=1S/C19H14N4O2S/c1-25-18-14(16(20)24)10-12-8-5-9-13(15(12)21-18)17-22-19(26-23-17)11-6-3-2-4-7-11/h2-10H,1H3,(H2,20,24). The first-order chi connectivity index (χ1) is 12.7. The first-order valence-corrected chi connectivity index (χ1v) is 8.62. The second-order valence-electron chi connectivity index (χ2n) is 5.58. The molecule has 0 aliphatic rings. The van der Waals surface area contributed by atoms with Gasteiger partial charge in [0.1, 0.15) is 10.6 Å². The van der Waals surface area contributed by atoms with E-state index >= 15 is 0 Å². The van der Waals surface area contributed by atoms with Gasteiger partial charge >= 0.3 is 0 Å². The van der Waals surface area contributed by atoms with Crippen LogP contribution in [0, 0.1) is 0 Å². The quantitative estimate of drug-likeness (QED) is 0.600. The van der Waals surface area contributed by atoms with Gasteiger partial charge in [0.15, 0.2) is 5.82 Å². The van der Waals surface area contributed by atoms with Crippen molar-refractivity contribution in [1.29, 1.82) is 0 Å². The van der Waals surface area contributed by atoms with Gasteiger partial charge in [0.2, 0.25) is 5.88 Å². The zero-order valence-electron chi connectivity index (χ0n) is 13.8. The lowest BCUT2D eigenvalue weighted by atomic mass is 10.1. The maximum absolute atomic E-state index is 11.6. The molecule has 0 aliphatic heterocycles. The lowest BCUT2D eigenvalue weighted by Crippen LogP contribution is -2.13. The molecular weight excluding hydrogens is 348 g/mol. The van der Waals surface area contributed by atoms with Gasteiger partial charge in [-0.25, -0.2) is 9.97 Å². The van der Waals surface area contributed by atoms with Gasteiger partial charge in [0.25, 0.3) is 5.91 Å². The van der Waals surface area contributed by atoms with Crippen molar-refractivity contribution in [2.24, 2.45) is 5.73 Å². The third-order valence-electron chi connectivity index (χ3n) is 3.96. The van der Waals surface area contributed by atoms with E-state index in [-0.39, 0.29) is 11.4 Å². The van der Waals surface area contributed by atoms with Crippen molar-refractivity contribution in [3.8, 4) is 27.8 Å². The topological polar surface area (TPSA) is 91.0 Å². The number of primary amides is 1. The van der Waals surface area contributed by atoms with Crippen LogP contribution in [0.4, 0.5) is 0 Å². The Morgan fingerprint density at radius 2 is 1.88 bits per heavy atom. The van der Waals surface area contributed by atoms with Crippen LogP contribution in [0.3, 0.4) is 0 Å². The van der Waals surface area contributed by atoms with Crippen molar-refractivity contribution in [2.45, 2.75) is 0 Å². The molecule has 7 heteroatoms. The molecule has 0 unspecified atom stereocenters. The van der Waals surface area contributed by atoms with Crippen LogP contribution in [0.1, 0.15) is 10.4 Å². The van der Waals surface area contributed by atoms with Gasteiger partial charge in [-0.1, -0.05) is 42.5 Å². The van der Waals surface area contributed by atoms with Crippen molar-refractivity contribution in [3.63, 3.8) is 0 Å². The average Bonchev–Trinajstić information content (AvgIpc) is 3.17. The molecule has 128 valence electrons. The Morgan fingerprint density at radius 3 is 2.62 bits per heavy atom. The van der Waals surface area contributed by atoms with Gasteiger partial charge in [-0.15, -0.1) is 0 Å². The van der Waals surface area contributed by atoms with Gasteiger partial charge in [0, 0.05) is 16.5 Å². The number of aromatic nitrogens is 3. The Bertz CT molecular complexity index is 1110. The Hall–Kier alpha value is -3.32. The molecular formula is C19H14N4O2S. The Labute approximate surface area is 153 Å². The van der Waals surface area contributed by atoms with Crippen LogP contribution in [0.2, 0.25) is 0 Å². The molecule has 0 saturated carbocycles. The molecule has 0 bridgehead atoms. The van der Waals surface area contributed by atoms with Crippen molar-refractivity contribution in [2.75, 3.05) is 7.11 Å². The molecule has 0 radical (unpaired) electrons. The monoisotopic (exact) mass is 362 g/mol. The molecule has 2 aromatic heterocycles. The summed E-state index contributed by atoms with van der Waals surface area (Å²) in [5.74, 6) is 0.191. The van der Waals surface area contributed by atoms with E-state index in [0.717, 1.165) is 21.5 Å². The number of hydrogen-bond acceptors (Lipinski definition) is 6. The summed E-state index contributed by atoms with van der Waals surface area (Å²) in [7, 11) is 1.46. The number of hydrogen-bond donors (Lipinski definition) is 1. The number of nitrogens with two attached hydrogens (primary N) is 1. The van der Waals surface area contributed by atoms with E-state index in [1.165, 1.54) is 18.6 Å². The highest BCUT2D eigenvalue weighted by molar-refractivity contribution is 7.09. The normalized spacial score (nSPS) is 10.8. The van der Waals surface area contributed by atoms with E-state index in [1.807, 2.05) is 48.5 Å². The summed E-state index contributed by atoms with van der Waals surface area (Å²) in [6, 6.07) is 17.2. The molecule has 1 amide bonds. The van der Waals surface area contributed by atoms with E-state index < -0.39 is 5.91 Å². The van der Waals surface area contributed by atoms with Crippen molar-refractivity contribution >= 4 is 28.3 Å². The second kappa shape index (κ2) is 6.53. The summed E-state index contributed by atoms with van der Waals surface area (Å²) in [5, 5.41) is 1.60. The third kappa shape index (κ3) is 2.78. The van der Waals surface area contributed by atoms with E-state index in [0.29, 0.717) is 11.3 Å². The summed E-state index contributed by atoms with van der Waals surface area (Å²) >= 11 is 1.33. The first-order valence-electron chi connectivity index (χ1n) is 7.84. The Morgan fingerprint density at radius 1 is 1.08 bits per heavy atom. The SMILES string of the molecule is COc1nc2c(-c3nsc(-c4ccccc4)n3)cccc2cc1C(N)=O. The zero-order valence-corrected chi connectivity index (χ0v) is 14.7. The summed E-state index contributed by atoms with van der Waals surface area (Å²) in [6.45, 7) is 0. The summed E-state index contributed by atoms with van der Waals surface area (Å²) in [5.41, 5.74) is 8.10. The van der Waals surface area contributed by atoms with Gasteiger partial charge in [-0.05, 0) is 23.7 Å². The smallest absolute Gasteiger partial charge is 0.254 e. The first kappa shape index (κ1) is 16.2. The molecule has 4 rings (SSSR count). The van der Waals surface area contributed by atoms with E-state index in [4.69, 9.17) is 10.5 Å². The van der Waals surface area contributed by atoms with Crippen LogP contribution in [-0.2, 0) is 0 Å². The fourth-order valence-corrected chi connectivity index (χ4v) is 3.41. The van der Waals surface area contributed by atoms with Crippen LogP contribution in [0.5, 0.6) is 5.88 Å². The van der Waals surface area contributed by atoms with Gasteiger partial charge in [-0.3, -0.25) is 4.79 Å². The number of methoxy groups -OCH3 is 1. The van der Waals surface area contributed by atoms with Crippen LogP contribution < -0.4 is 10.5 Å². The molecule has 0 aliphatic carbocycles. The molecule has 0 fully saturated rings. The molecule has 2 N–H and O–H groups in total. The number of pyridine rings is 1. The number of ether oxygens (including phenoxy) is 1. The largest absolute Gasteiger partial charge is 0.480 e. The molecule has 4 aromatic rings. The highest BCUT2D eigenvalue weighted by atomic mass is 32.1. The summed E-state index contributed by atoms with van der Waals surface area (Å²) in [4.78, 5) is 20.7. The van der Waals surface area contributed by atoms with Crippen LogP contribution >= 0.6 is 11.5 Å². The van der Waals surface area contributed by atoms with Crippen LogP contribution in [0.15, 0.2) is 54.6 Å². The maximum atomic E-state index is 11.6. The number of nitrogens with zero attached hydrogens (tertiary/aromatic N) is 3. The predicted molar refractivity (Wildman–Crippen MR) is 101 cm³/mol. The van der Waals surface area contributed by atoms with Crippen molar-refractivity contribution in [3.05, 3.63) is 60.2 Å². The predicted octanol–water partition coefficient (Wildman–Crippen LogP) is 3.53. The van der Waals surface area contributed by atoms with E-state index in [1.54, 1.807) is 6.07 Å². The molecule has 2 aromatic carbocycles. The summed E-state index contributed by atoms with van der Waals surface area (Å²) in [6.07, 6.45) is 0. The lowest BCUT2D eigenvalue weighted by Gasteiger charge is -2.08. The fraction of sp³-hybridized carbons (Fsp3) is 0.0526. The number of fused-ring (bicyclic) bond motifs is 1. The molecule has 2 heterocycles. The van der Waals surface area contributed by atoms with Gasteiger partial charge < -0.3 is 10.5 Å². The Balaban J connectivity index is 1.87. The zero-order chi connectivity index (χ0) is 18.1.